The summed E-state index contributed by atoms with van der Waals surface area (Å²) in [7, 11) is -3.36. The highest BCUT2D eigenvalue weighted by molar-refractivity contribution is 7.89. The molecule has 0 atom stereocenters. The van der Waals surface area contributed by atoms with E-state index in [1.807, 2.05) is 19.1 Å². The zero-order chi connectivity index (χ0) is 12.0. The van der Waals surface area contributed by atoms with Gasteiger partial charge in [0.15, 0.2) is 0 Å². The Morgan fingerprint density at radius 1 is 1.31 bits per heavy atom. The van der Waals surface area contributed by atoms with Crippen LogP contribution in [0.3, 0.4) is 0 Å². The van der Waals surface area contributed by atoms with Crippen molar-refractivity contribution < 1.29 is 8.42 Å². The summed E-state index contributed by atoms with van der Waals surface area (Å²) >= 11 is 0. The molecule has 88 valence electrons. The smallest absolute Gasteiger partial charge is 0.211 e. The molecule has 3 nitrogen and oxygen atoms in total. The SMILES string of the molecule is C=CCCNS(=O)(=O)c1ccc(CC)cc1. The highest BCUT2D eigenvalue weighted by Gasteiger charge is 2.11. The number of nitrogens with one attached hydrogen (secondary N) is 1. The third kappa shape index (κ3) is 3.47. The van der Waals surface area contributed by atoms with Gasteiger partial charge in [-0.05, 0) is 30.5 Å². The average Bonchev–Trinajstić information content (AvgIpc) is 2.29. The Morgan fingerprint density at radius 2 is 1.94 bits per heavy atom. The molecule has 16 heavy (non-hydrogen) atoms. The minimum Gasteiger partial charge on any atom is -0.211 e. The van der Waals surface area contributed by atoms with E-state index in [2.05, 4.69) is 11.3 Å². The third-order valence-corrected chi connectivity index (χ3v) is 3.76. The van der Waals surface area contributed by atoms with E-state index < -0.39 is 10.0 Å². The molecular formula is C12H17NO2S. The van der Waals surface area contributed by atoms with Crippen LogP contribution < -0.4 is 4.72 Å². The quantitative estimate of drug-likeness (QED) is 0.610. The second-order valence-electron chi connectivity index (χ2n) is 3.47. The molecule has 4 heteroatoms. The zero-order valence-electron chi connectivity index (χ0n) is 9.44. The van der Waals surface area contributed by atoms with E-state index >= 15 is 0 Å². The largest absolute Gasteiger partial charge is 0.240 e. The third-order valence-electron chi connectivity index (χ3n) is 2.28. The molecule has 0 saturated carbocycles. The minimum atomic E-state index is -3.36. The fraction of sp³-hybridized carbons (Fsp3) is 0.333. The van der Waals surface area contributed by atoms with Gasteiger partial charge in [-0.25, -0.2) is 13.1 Å². The molecule has 0 unspecified atom stereocenters. The van der Waals surface area contributed by atoms with Crippen molar-refractivity contribution in [2.75, 3.05) is 6.54 Å². The number of sulfonamides is 1. The van der Waals surface area contributed by atoms with Crippen molar-refractivity contribution in [2.45, 2.75) is 24.7 Å². The predicted molar refractivity (Wildman–Crippen MR) is 65.8 cm³/mol. The van der Waals surface area contributed by atoms with E-state index in [1.54, 1.807) is 18.2 Å². The van der Waals surface area contributed by atoms with E-state index in [4.69, 9.17) is 0 Å². The van der Waals surface area contributed by atoms with Gasteiger partial charge in [-0.3, -0.25) is 0 Å². The molecule has 0 aliphatic rings. The fourth-order valence-corrected chi connectivity index (χ4v) is 2.33. The summed E-state index contributed by atoms with van der Waals surface area (Å²) in [6, 6.07) is 6.94. The topological polar surface area (TPSA) is 46.2 Å². The van der Waals surface area contributed by atoms with Crippen LogP contribution in [0, 0.1) is 0 Å². The number of hydrogen-bond donors (Lipinski definition) is 1. The standard InChI is InChI=1S/C12H17NO2S/c1-3-5-10-13-16(14,15)12-8-6-11(4-2)7-9-12/h3,6-9,13H,1,4-5,10H2,2H3. The van der Waals surface area contributed by atoms with Crippen molar-refractivity contribution in [3.05, 3.63) is 42.5 Å². The molecule has 1 rings (SSSR count). The van der Waals surface area contributed by atoms with Gasteiger partial charge in [0.25, 0.3) is 0 Å². The first-order valence-electron chi connectivity index (χ1n) is 5.29. The van der Waals surface area contributed by atoms with Crippen molar-refractivity contribution in [3.8, 4) is 0 Å². The maximum Gasteiger partial charge on any atom is 0.240 e. The summed E-state index contributed by atoms with van der Waals surface area (Å²) < 4.78 is 26.0. The lowest BCUT2D eigenvalue weighted by Gasteiger charge is -2.06. The first-order chi connectivity index (χ1) is 7.60. The molecule has 0 aromatic heterocycles. The monoisotopic (exact) mass is 239 g/mol. The maximum atomic E-state index is 11.8. The number of hydrogen-bond acceptors (Lipinski definition) is 2. The maximum absolute atomic E-state index is 11.8. The van der Waals surface area contributed by atoms with Crippen molar-refractivity contribution >= 4 is 10.0 Å². The van der Waals surface area contributed by atoms with E-state index in [1.165, 1.54) is 0 Å². The molecule has 1 aromatic carbocycles. The Kier molecular flexibility index (Phi) is 4.71. The summed E-state index contributed by atoms with van der Waals surface area (Å²) in [5.41, 5.74) is 1.13. The number of rotatable bonds is 6. The average molecular weight is 239 g/mol. The Morgan fingerprint density at radius 3 is 2.44 bits per heavy atom. The first-order valence-corrected chi connectivity index (χ1v) is 6.78. The molecule has 0 bridgehead atoms. The zero-order valence-corrected chi connectivity index (χ0v) is 10.3. The van der Waals surface area contributed by atoms with Crippen LogP contribution in [0.4, 0.5) is 0 Å². The van der Waals surface area contributed by atoms with Crippen molar-refractivity contribution in [2.24, 2.45) is 0 Å². The van der Waals surface area contributed by atoms with Crippen LogP contribution in [-0.4, -0.2) is 15.0 Å². The first kappa shape index (κ1) is 12.9. The van der Waals surface area contributed by atoms with Crippen molar-refractivity contribution in [1.82, 2.24) is 4.72 Å². The van der Waals surface area contributed by atoms with Crippen molar-refractivity contribution in [3.63, 3.8) is 0 Å². The van der Waals surface area contributed by atoms with Crippen molar-refractivity contribution in [1.29, 1.82) is 0 Å². The molecule has 0 spiro atoms. The highest BCUT2D eigenvalue weighted by Crippen LogP contribution is 2.10. The van der Waals surface area contributed by atoms with Gasteiger partial charge in [0.2, 0.25) is 10.0 Å². The molecule has 0 aliphatic carbocycles. The van der Waals surface area contributed by atoms with Gasteiger partial charge in [0.1, 0.15) is 0 Å². The van der Waals surface area contributed by atoms with Gasteiger partial charge < -0.3 is 0 Å². The summed E-state index contributed by atoms with van der Waals surface area (Å²) in [6.45, 7) is 5.96. The van der Waals surface area contributed by atoms with Crippen LogP contribution in [-0.2, 0) is 16.4 Å². The van der Waals surface area contributed by atoms with Gasteiger partial charge in [-0.2, -0.15) is 0 Å². The van der Waals surface area contributed by atoms with Gasteiger partial charge in [-0.1, -0.05) is 25.1 Å². The molecular weight excluding hydrogens is 222 g/mol. The number of benzene rings is 1. The molecule has 0 fully saturated rings. The molecule has 0 amide bonds. The van der Waals surface area contributed by atoms with E-state index in [0.29, 0.717) is 17.9 Å². The predicted octanol–water partition coefficient (Wildman–Crippen LogP) is 2.10. The van der Waals surface area contributed by atoms with E-state index in [9.17, 15) is 8.42 Å². The second-order valence-corrected chi connectivity index (χ2v) is 5.24. The Labute approximate surface area is 97.2 Å². The second kappa shape index (κ2) is 5.82. The summed E-state index contributed by atoms with van der Waals surface area (Å²) in [6.07, 6.45) is 3.22. The highest BCUT2D eigenvalue weighted by atomic mass is 32.2. The fourth-order valence-electron chi connectivity index (χ4n) is 1.28. The molecule has 1 aromatic rings. The van der Waals surface area contributed by atoms with Crippen LogP contribution in [0.2, 0.25) is 0 Å². The van der Waals surface area contributed by atoms with Gasteiger partial charge in [0, 0.05) is 6.54 Å². The molecule has 1 N–H and O–H groups in total. The van der Waals surface area contributed by atoms with E-state index in [0.717, 1.165) is 12.0 Å². The van der Waals surface area contributed by atoms with Crippen LogP contribution in [0.15, 0.2) is 41.8 Å². The summed E-state index contributed by atoms with van der Waals surface area (Å²) in [5, 5.41) is 0. The molecule has 0 radical (unpaired) electrons. The van der Waals surface area contributed by atoms with Gasteiger partial charge >= 0.3 is 0 Å². The van der Waals surface area contributed by atoms with Crippen LogP contribution in [0.5, 0.6) is 0 Å². The lowest BCUT2D eigenvalue weighted by Crippen LogP contribution is -2.24. The Hall–Kier alpha value is -1.13. The number of aryl methyl sites for hydroxylation is 1. The Balaban J connectivity index is 2.77. The minimum absolute atomic E-state index is 0.314. The van der Waals surface area contributed by atoms with E-state index in [-0.39, 0.29) is 0 Å². The Bertz CT molecular complexity index is 435. The molecule has 0 saturated heterocycles. The lowest BCUT2D eigenvalue weighted by molar-refractivity contribution is 0.582. The van der Waals surface area contributed by atoms with Gasteiger partial charge in [0.05, 0.1) is 4.90 Å². The lowest BCUT2D eigenvalue weighted by atomic mass is 10.2. The van der Waals surface area contributed by atoms with Crippen LogP contribution >= 0.6 is 0 Å². The molecule has 0 aliphatic heterocycles. The summed E-state index contributed by atoms with van der Waals surface area (Å²) in [4.78, 5) is 0.314. The normalized spacial score (nSPS) is 11.3. The summed E-state index contributed by atoms with van der Waals surface area (Å²) in [5.74, 6) is 0. The van der Waals surface area contributed by atoms with Gasteiger partial charge in [-0.15, -0.1) is 6.58 Å². The molecule has 0 heterocycles. The van der Waals surface area contributed by atoms with Crippen LogP contribution in [0.1, 0.15) is 18.9 Å². The van der Waals surface area contributed by atoms with Crippen LogP contribution in [0.25, 0.3) is 0 Å².